The molecule has 5 atom stereocenters. The molecule has 2 aliphatic carbocycles. The molecule has 25 heavy (non-hydrogen) atoms. The van der Waals surface area contributed by atoms with E-state index in [0.29, 0.717) is 0 Å². The molecule has 0 saturated heterocycles. The second-order valence-electron chi connectivity index (χ2n) is 6.45. The van der Waals surface area contributed by atoms with Crippen LogP contribution in [0.2, 0.25) is 0 Å². The number of hydrogen-bond donors (Lipinski definition) is 5. The van der Waals surface area contributed by atoms with Crippen molar-refractivity contribution in [1.29, 1.82) is 0 Å². The number of amides is 1. The number of fused-ring (bicyclic) bond motifs is 1. The number of rotatable bonds is 5. The van der Waals surface area contributed by atoms with Gasteiger partial charge in [-0.05, 0) is 24.5 Å². The first-order chi connectivity index (χ1) is 11.7. The average Bonchev–Trinajstić information content (AvgIpc) is 3.23. The maximum absolute atomic E-state index is 12.4. The molecular weight excluding hydrogens is 332 g/mol. The number of aliphatic carboxylic acids is 2. The molecule has 3 rings (SSSR count). The minimum Gasteiger partial charge on any atom is -0.481 e. The number of carboxylic acid groups (broad SMARTS) is 3. The van der Waals surface area contributed by atoms with E-state index in [2.05, 4.69) is 5.32 Å². The van der Waals surface area contributed by atoms with Crippen molar-refractivity contribution < 1.29 is 34.5 Å². The third-order valence-corrected chi connectivity index (χ3v) is 5.09. The fraction of sp³-hybridized carbons (Fsp3) is 0.375. The van der Waals surface area contributed by atoms with E-state index < -0.39 is 53.1 Å². The Balaban J connectivity index is 1.84. The van der Waals surface area contributed by atoms with Crippen LogP contribution >= 0.6 is 0 Å². The Morgan fingerprint density at radius 1 is 1.08 bits per heavy atom. The van der Waals surface area contributed by atoms with Crippen molar-refractivity contribution in [2.75, 3.05) is 0 Å². The topological polar surface area (TPSA) is 167 Å². The van der Waals surface area contributed by atoms with Crippen molar-refractivity contribution in [1.82, 2.24) is 5.32 Å². The third-order valence-electron chi connectivity index (χ3n) is 5.09. The molecule has 9 nitrogen and oxygen atoms in total. The molecule has 0 radical (unpaired) electrons. The monoisotopic (exact) mass is 348 g/mol. The first kappa shape index (κ1) is 16.9. The van der Waals surface area contributed by atoms with E-state index in [4.69, 9.17) is 10.8 Å². The van der Waals surface area contributed by atoms with Crippen LogP contribution in [0, 0.1) is 17.8 Å². The number of hydrogen-bond acceptors (Lipinski definition) is 5. The average molecular weight is 348 g/mol. The number of nitrogens with two attached hydrogens (primary N) is 1. The van der Waals surface area contributed by atoms with Gasteiger partial charge in [-0.15, -0.1) is 0 Å². The molecule has 0 bridgehead atoms. The van der Waals surface area contributed by atoms with E-state index in [9.17, 15) is 29.4 Å². The van der Waals surface area contributed by atoms with Gasteiger partial charge < -0.3 is 26.4 Å². The van der Waals surface area contributed by atoms with Crippen LogP contribution in [0.5, 0.6) is 0 Å². The number of carbonyl (C=O) groups is 4. The van der Waals surface area contributed by atoms with Crippen molar-refractivity contribution in [3.8, 4) is 0 Å². The van der Waals surface area contributed by atoms with E-state index >= 15 is 0 Å². The molecule has 1 aromatic rings. The zero-order chi connectivity index (χ0) is 18.5. The molecule has 1 amide bonds. The van der Waals surface area contributed by atoms with Gasteiger partial charge in [0.2, 0.25) is 0 Å². The third kappa shape index (κ3) is 2.52. The molecule has 1 aromatic carbocycles. The second-order valence-corrected chi connectivity index (χ2v) is 6.45. The zero-order valence-corrected chi connectivity index (χ0v) is 12.9. The highest BCUT2D eigenvalue weighted by Crippen LogP contribution is 2.61. The van der Waals surface area contributed by atoms with Crippen LogP contribution in [0.15, 0.2) is 24.3 Å². The fourth-order valence-electron chi connectivity index (χ4n) is 3.94. The molecule has 0 unspecified atom stereocenters. The molecule has 0 spiro atoms. The summed E-state index contributed by atoms with van der Waals surface area (Å²) in [4.78, 5) is 46.4. The van der Waals surface area contributed by atoms with Gasteiger partial charge in [0.05, 0.1) is 17.0 Å². The summed E-state index contributed by atoms with van der Waals surface area (Å²) < 4.78 is 0. The lowest BCUT2D eigenvalue weighted by Crippen LogP contribution is -2.52. The van der Waals surface area contributed by atoms with Crippen LogP contribution in [0.3, 0.4) is 0 Å². The summed E-state index contributed by atoms with van der Waals surface area (Å²) in [6.45, 7) is 0. The molecule has 2 saturated carbocycles. The zero-order valence-electron chi connectivity index (χ0n) is 12.9. The van der Waals surface area contributed by atoms with Gasteiger partial charge in [-0.3, -0.25) is 14.4 Å². The predicted octanol–water partition coefficient (Wildman–Crippen LogP) is -0.384. The fourth-order valence-corrected chi connectivity index (χ4v) is 3.94. The van der Waals surface area contributed by atoms with Crippen molar-refractivity contribution in [2.24, 2.45) is 23.5 Å². The van der Waals surface area contributed by atoms with Gasteiger partial charge in [-0.25, -0.2) is 4.79 Å². The van der Waals surface area contributed by atoms with Gasteiger partial charge in [0.25, 0.3) is 5.91 Å². The lowest BCUT2D eigenvalue weighted by molar-refractivity contribution is -0.145. The van der Waals surface area contributed by atoms with Crippen LogP contribution < -0.4 is 11.1 Å². The maximum Gasteiger partial charge on any atom is 0.336 e. The lowest BCUT2D eigenvalue weighted by Gasteiger charge is -2.25. The molecule has 0 heterocycles. The largest absolute Gasteiger partial charge is 0.481 e. The summed E-state index contributed by atoms with van der Waals surface area (Å²) in [5.74, 6) is -6.72. The SMILES string of the molecule is N[C@]1(C(=O)O)C[C@@H](NC(=O)c2ccccc2C(=O)O)[C@@H]2[C@@H](C(=O)O)[C@H]21. The standard InChI is InChI=1S/C16H16N2O7/c17-16(15(24)25)5-8(9-10(11(9)16)14(22)23)18-12(19)6-3-1-2-4-7(6)13(20)21/h1-4,8-11H,5,17H2,(H,18,19)(H,20,21)(H,22,23)(H,24,25)/t8-,9-,10-,11+,16-/m1/s1. The summed E-state index contributed by atoms with van der Waals surface area (Å²) >= 11 is 0. The summed E-state index contributed by atoms with van der Waals surface area (Å²) in [6, 6.07) is 4.83. The molecule has 132 valence electrons. The van der Waals surface area contributed by atoms with Gasteiger partial charge in [0.1, 0.15) is 5.54 Å². The molecular formula is C16H16N2O7. The summed E-state index contributed by atoms with van der Waals surface area (Å²) in [6.07, 6.45) is -0.109. The molecule has 9 heteroatoms. The summed E-state index contributed by atoms with van der Waals surface area (Å²) in [7, 11) is 0. The normalized spacial score (nSPS) is 32.5. The second kappa shape index (κ2) is 5.55. The number of carboxylic acids is 3. The van der Waals surface area contributed by atoms with E-state index in [-0.39, 0.29) is 17.5 Å². The maximum atomic E-state index is 12.4. The minimum atomic E-state index is -1.72. The lowest BCUT2D eigenvalue weighted by atomic mass is 9.90. The first-order valence-electron chi connectivity index (χ1n) is 7.56. The minimum absolute atomic E-state index is 0.0797. The van der Waals surface area contributed by atoms with Crippen LogP contribution in [-0.2, 0) is 9.59 Å². The Bertz CT molecular complexity index is 792. The molecule has 2 fully saturated rings. The Morgan fingerprint density at radius 2 is 1.68 bits per heavy atom. The van der Waals surface area contributed by atoms with E-state index in [1.807, 2.05) is 0 Å². The van der Waals surface area contributed by atoms with Crippen LogP contribution in [0.1, 0.15) is 27.1 Å². The molecule has 0 aromatic heterocycles. The molecule has 0 aliphatic heterocycles. The Labute approximate surface area is 141 Å². The van der Waals surface area contributed by atoms with E-state index in [1.165, 1.54) is 24.3 Å². The van der Waals surface area contributed by atoms with Gasteiger partial charge in [-0.2, -0.15) is 0 Å². The number of aromatic carboxylic acids is 1. The summed E-state index contributed by atoms with van der Waals surface area (Å²) in [5.41, 5.74) is 3.89. The molecule has 6 N–H and O–H groups in total. The Hall–Kier alpha value is -2.94. The first-order valence-corrected chi connectivity index (χ1v) is 7.56. The summed E-state index contributed by atoms with van der Waals surface area (Å²) in [5, 5.41) is 30.3. The van der Waals surface area contributed by atoms with Crippen LogP contribution in [0.25, 0.3) is 0 Å². The molecule has 2 aliphatic rings. The van der Waals surface area contributed by atoms with Gasteiger partial charge in [0, 0.05) is 12.0 Å². The van der Waals surface area contributed by atoms with E-state index in [1.54, 1.807) is 0 Å². The Morgan fingerprint density at radius 3 is 2.20 bits per heavy atom. The number of nitrogens with one attached hydrogen (secondary N) is 1. The van der Waals surface area contributed by atoms with Crippen molar-refractivity contribution in [3.05, 3.63) is 35.4 Å². The smallest absolute Gasteiger partial charge is 0.336 e. The highest BCUT2D eigenvalue weighted by Gasteiger charge is 2.74. The highest BCUT2D eigenvalue weighted by atomic mass is 16.4. The van der Waals surface area contributed by atoms with Crippen molar-refractivity contribution >= 4 is 23.8 Å². The number of carbonyl (C=O) groups excluding carboxylic acids is 1. The number of benzene rings is 1. The van der Waals surface area contributed by atoms with Crippen molar-refractivity contribution in [2.45, 2.75) is 18.0 Å². The Kier molecular flexibility index (Phi) is 3.76. The highest BCUT2D eigenvalue weighted by molar-refractivity contribution is 6.05. The van der Waals surface area contributed by atoms with Gasteiger partial charge in [-0.1, -0.05) is 12.1 Å². The van der Waals surface area contributed by atoms with Crippen LogP contribution in [0.4, 0.5) is 0 Å². The van der Waals surface area contributed by atoms with Gasteiger partial charge in [0.15, 0.2) is 0 Å². The quantitative estimate of drug-likeness (QED) is 0.480. The van der Waals surface area contributed by atoms with Crippen molar-refractivity contribution in [3.63, 3.8) is 0 Å². The van der Waals surface area contributed by atoms with E-state index in [0.717, 1.165) is 0 Å². The van der Waals surface area contributed by atoms with Crippen LogP contribution in [-0.4, -0.2) is 50.7 Å². The van der Waals surface area contributed by atoms with Gasteiger partial charge >= 0.3 is 17.9 Å². The predicted molar refractivity (Wildman–Crippen MR) is 81.9 cm³/mol.